The van der Waals surface area contributed by atoms with Gasteiger partial charge in [0, 0.05) is 5.69 Å². The highest BCUT2D eigenvalue weighted by Crippen LogP contribution is 2.28. The zero-order valence-electron chi connectivity index (χ0n) is 9.90. The topological polar surface area (TPSA) is 54.5 Å². The van der Waals surface area contributed by atoms with Crippen LogP contribution in [0.3, 0.4) is 0 Å². The van der Waals surface area contributed by atoms with Gasteiger partial charge in [-0.25, -0.2) is 15.0 Å². The Morgan fingerprint density at radius 2 is 1.88 bits per heavy atom. The third kappa shape index (κ3) is 1.72. The number of pyridine rings is 1. The second-order valence-electron chi connectivity index (χ2n) is 4.06. The number of aromatic amines is 1. The van der Waals surface area contributed by atoms with E-state index in [0.717, 1.165) is 38.3 Å². The van der Waals surface area contributed by atoms with Crippen molar-refractivity contribution in [1.29, 1.82) is 0 Å². The van der Waals surface area contributed by atoms with E-state index < -0.39 is 0 Å². The summed E-state index contributed by atoms with van der Waals surface area (Å²) in [5, 5.41) is 1.06. The summed E-state index contributed by atoms with van der Waals surface area (Å²) in [5.74, 6) is 0.862. The zero-order chi connectivity index (χ0) is 12.0. The number of aromatic nitrogens is 4. The molecule has 0 bridgehead atoms. The summed E-state index contributed by atoms with van der Waals surface area (Å²) in [6.07, 6.45) is 0. The van der Waals surface area contributed by atoms with Gasteiger partial charge in [0.15, 0.2) is 11.5 Å². The monoisotopic (exact) mass is 244 g/mol. The van der Waals surface area contributed by atoms with Gasteiger partial charge in [-0.2, -0.15) is 0 Å². The summed E-state index contributed by atoms with van der Waals surface area (Å²) in [4.78, 5) is 17.7. The van der Waals surface area contributed by atoms with Crippen LogP contribution in [-0.4, -0.2) is 19.9 Å². The van der Waals surface area contributed by atoms with Crippen molar-refractivity contribution in [2.45, 2.75) is 20.8 Å². The smallest absolute Gasteiger partial charge is 0.178 e. The van der Waals surface area contributed by atoms with Crippen LogP contribution >= 0.6 is 11.3 Å². The van der Waals surface area contributed by atoms with Crippen molar-refractivity contribution >= 4 is 22.5 Å². The van der Waals surface area contributed by atoms with Crippen LogP contribution in [0.1, 0.15) is 16.4 Å². The maximum Gasteiger partial charge on any atom is 0.178 e. The Morgan fingerprint density at radius 3 is 2.59 bits per heavy atom. The second kappa shape index (κ2) is 3.63. The minimum atomic E-state index is 0.769. The molecule has 0 atom stereocenters. The van der Waals surface area contributed by atoms with Gasteiger partial charge in [-0.1, -0.05) is 0 Å². The Hall–Kier alpha value is -1.75. The number of hydrogen-bond donors (Lipinski definition) is 1. The van der Waals surface area contributed by atoms with Crippen LogP contribution in [0, 0.1) is 20.8 Å². The average molecular weight is 244 g/mol. The van der Waals surface area contributed by atoms with Crippen molar-refractivity contribution in [3.8, 4) is 10.7 Å². The minimum Gasteiger partial charge on any atom is -0.336 e. The average Bonchev–Trinajstić information content (AvgIpc) is 2.80. The number of fused-ring (bicyclic) bond motifs is 1. The molecule has 3 aromatic heterocycles. The molecule has 1 N–H and O–H groups in total. The molecule has 0 unspecified atom stereocenters. The molecule has 0 aromatic carbocycles. The molecule has 3 aromatic rings. The summed E-state index contributed by atoms with van der Waals surface area (Å²) in [5.41, 5.74) is 3.73. The van der Waals surface area contributed by atoms with Gasteiger partial charge in [-0.05, 0) is 32.9 Å². The molecule has 0 saturated heterocycles. The summed E-state index contributed by atoms with van der Waals surface area (Å²) >= 11 is 1.65. The maximum atomic E-state index is 4.52. The number of imidazole rings is 1. The number of aryl methyl sites for hydroxylation is 3. The van der Waals surface area contributed by atoms with Crippen LogP contribution in [0.15, 0.2) is 12.1 Å². The molecule has 0 amide bonds. The van der Waals surface area contributed by atoms with Crippen LogP contribution in [0.2, 0.25) is 0 Å². The first-order valence-electron chi connectivity index (χ1n) is 5.41. The maximum absolute atomic E-state index is 4.52. The van der Waals surface area contributed by atoms with E-state index in [1.807, 2.05) is 32.9 Å². The molecule has 0 radical (unpaired) electrons. The predicted molar refractivity (Wildman–Crippen MR) is 69.2 cm³/mol. The largest absolute Gasteiger partial charge is 0.336 e. The number of H-pyrrole nitrogens is 1. The van der Waals surface area contributed by atoms with Crippen LogP contribution in [0.5, 0.6) is 0 Å². The van der Waals surface area contributed by atoms with Crippen molar-refractivity contribution in [3.63, 3.8) is 0 Å². The van der Waals surface area contributed by atoms with Crippen LogP contribution in [0.25, 0.3) is 21.9 Å². The molecular weight excluding hydrogens is 232 g/mol. The fraction of sp³-hybridized carbons (Fsp3) is 0.250. The molecule has 0 spiro atoms. The Kier molecular flexibility index (Phi) is 2.22. The van der Waals surface area contributed by atoms with E-state index in [9.17, 15) is 0 Å². The van der Waals surface area contributed by atoms with Gasteiger partial charge in [0.05, 0.1) is 21.1 Å². The molecular formula is C12H12N4S. The highest BCUT2D eigenvalue weighted by Gasteiger charge is 2.12. The van der Waals surface area contributed by atoms with E-state index in [1.165, 1.54) is 0 Å². The van der Waals surface area contributed by atoms with E-state index in [-0.39, 0.29) is 0 Å². The lowest BCUT2D eigenvalue weighted by Crippen LogP contribution is -1.81. The summed E-state index contributed by atoms with van der Waals surface area (Å²) in [6, 6.07) is 3.99. The predicted octanol–water partition coefficient (Wildman–Crippen LogP) is 3.01. The van der Waals surface area contributed by atoms with Gasteiger partial charge in [0.1, 0.15) is 0 Å². The third-order valence-electron chi connectivity index (χ3n) is 2.60. The van der Waals surface area contributed by atoms with E-state index in [2.05, 4.69) is 19.9 Å². The Morgan fingerprint density at radius 1 is 1.06 bits per heavy atom. The quantitative estimate of drug-likeness (QED) is 0.716. The van der Waals surface area contributed by atoms with Crippen molar-refractivity contribution in [2.24, 2.45) is 0 Å². The van der Waals surface area contributed by atoms with E-state index in [1.54, 1.807) is 11.3 Å². The summed E-state index contributed by atoms with van der Waals surface area (Å²) < 4.78 is 0. The first kappa shape index (κ1) is 10.4. The van der Waals surface area contributed by atoms with Crippen molar-refractivity contribution in [3.05, 3.63) is 28.5 Å². The van der Waals surface area contributed by atoms with Crippen LogP contribution in [0.4, 0.5) is 0 Å². The molecule has 3 rings (SSSR count). The van der Waals surface area contributed by atoms with Crippen LogP contribution < -0.4 is 0 Å². The van der Waals surface area contributed by atoms with Crippen LogP contribution in [-0.2, 0) is 0 Å². The van der Waals surface area contributed by atoms with Crippen molar-refractivity contribution in [2.75, 3.05) is 0 Å². The Balaban J connectivity index is 2.21. The molecule has 0 aliphatic rings. The molecule has 0 aliphatic heterocycles. The SMILES string of the molecule is Cc1ccc2[nH]c(-c3sc(C)nc3C)nc2n1. The van der Waals surface area contributed by atoms with Crippen molar-refractivity contribution < 1.29 is 0 Å². The lowest BCUT2D eigenvalue weighted by molar-refractivity contribution is 1.19. The van der Waals surface area contributed by atoms with Crippen molar-refractivity contribution in [1.82, 2.24) is 19.9 Å². The summed E-state index contributed by atoms with van der Waals surface area (Å²) in [6.45, 7) is 5.98. The highest BCUT2D eigenvalue weighted by atomic mass is 32.1. The number of hydrogen-bond acceptors (Lipinski definition) is 4. The summed E-state index contributed by atoms with van der Waals surface area (Å²) in [7, 11) is 0. The Labute approximate surface area is 103 Å². The zero-order valence-corrected chi connectivity index (χ0v) is 10.7. The van der Waals surface area contributed by atoms with Gasteiger partial charge in [0.25, 0.3) is 0 Å². The fourth-order valence-corrected chi connectivity index (χ4v) is 2.71. The first-order chi connectivity index (χ1) is 8.13. The number of rotatable bonds is 1. The normalized spacial score (nSPS) is 11.2. The molecule has 0 fully saturated rings. The molecule has 86 valence electrons. The Bertz CT molecular complexity index is 696. The van der Waals surface area contributed by atoms with Gasteiger partial charge in [-0.3, -0.25) is 0 Å². The van der Waals surface area contributed by atoms with Gasteiger partial charge in [0.2, 0.25) is 0 Å². The van der Waals surface area contributed by atoms with Gasteiger partial charge >= 0.3 is 0 Å². The highest BCUT2D eigenvalue weighted by molar-refractivity contribution is 7.15. The van der Waals surface area contributed by atoms with E-state index in [0.29, 0.717) is 0 Å². The minimum absolute atomic E-state index is 0.769. The lowest BCUT2D eigenvalue weighted by atomic mass is 10.3. The lowest BCUT2D eigenvalue weighted by Gasteiger charge is -1.89. The van der Waals surface area contributed by atoms with Gasteiger partial charge < -0.3 is 4.98 Å². The standard InChI is InChI=1S/C12H12N4S/c1-6-4-5-9-11(13-6)16-12(15-9)10-7(2)14-8(3)17-10/h4-5H,1-3H3,(H,13,15,16). The molecule has 3 heterocycles. The first-order valence-corrected chi connectivity index (χ1v) is 6.23. The number of nitrogens with one attached hydrogen (secondary N) is 1. The molecule has 17 heavy (non-hydrogen) atoms. The molecule has 0 saturated carbocycles. The second-order valence-corrected chi connectivity index (χ2v) is 5.26. The third-order valence-corrected chi connectivity index (χ3v) is 3.68. The number of thiazole rings is 1. The molecule has 0 aliphatic carbocycles. The number of nitrogens with zero attached hydrogens (tertiary/aromatic N) is 3. The molecule has 5 heteroatoms. The fourth-order valence-electron chi connectivity index (χ4n) is 1.85. The van der Waals surface area contributed by atoms with E-state index >= 15 is 0 Å². The van der Waals surface area contributed by atoms with E-state index in [4.69, 9.17) is 0 Å². The van der Waals surface area contributed by atoms with Gasteiger partial charge in [-0.15, -0.1) is 11.3 Å². The molecule has 4 nitrogen and oxygen atoms in total.